The first-order valence-corrected chi connectivity index (χ1v) is 42.3. The van der Waals surface area contributed by atoms with E-state index in [1.54, 1.807) is 0 Å². The third kappa shape index (κ3) is 13.4. The molecule has 0 radical (unpaired) electrons. The third-order valence-corrected chi connectivity index (χ3v) is 29.7. The Kier molecular flexibility index (Phi) is 20.7. The summed E-state index contributed by atoms with van der Waals surface area (Å²) < 4.78 is 59.4. The summed E-state index contributed by atoms with van der Waals surface area (Å²) in [6.45, 7) is 34.2. The minimum atomic E-state index is -0.903. The lowest BCUT2D eigenvalue weighted by molar-refractivity contribution is 0.308. The van der Waals surface area contributed by atoms with Crippen LogP contribution in [-0.4, -0.2) is 26.6 Å². The molecule has 0 amide bonds. The van der Waals surface area contributed by atoms with Crippen LogP contribution >= 0.6 is 68.8 Å². The Balaban J connectivity index is 0.769. The van der Waals surface area contributed by atoms with Gasteiger partial charge in [-0.3, -0.25) is 0 Å². The van der Waals surface area contributed by atoms with Gasteiger partial charge in [-0.05, 0) is 159 Å². The van der Waals surface area contributed by atoms with Crippen molar-refractivity contribution >= 4 is 134 Å². The second-order valence-corrected chi connectivity index (χ2v) is 37.1. The molecule has 0 aliphatic carbocycles. The molecule has 0 bridgehead atoms. The summed E-state index contributed by atoms with van der Waals surface area (Å²) >= 11 is 9.01. The summed E-state index contributed by atoms with van der Waals surface area (Å²) in [5, 5.41) is 4.91. The van der Waals surface area contributed by atoms with Gasteiger partial charge in [0.1, 0.15) is 22.1 Å². The SMILES string of the molecule is CCCCCCCCC(C)n1c2cc(-c3ccc(-c4c(F)c(F)c(-c5ccc(C(C)(C)C(C)(C)c6ccc7c8ccc(-c9sc(-c%10ccc(-c%11cc(C)c(C(C)(C)C)s%11)c%11nsnc%10%11)cc9C)cc8n(C(C)CCCCCCCC)c7c6)s5)c5nsnc45)s3)ccc2c2ccc(C(C)(N)CC)cc21. The molecular formula is C88H99F2N7S6. The summed E-state index contributed by atoms with van der Waals surface area (Å²) in [5.41, 5.74) is 23.0. The van der Waals surface area contributed by atoms with Gasteiger partial charge in [0, 0.05) is 117 Å². The molecule has 6 aromatic carbocycles. The van der Waals surface area contributed by atoms with E-state index in [2.05, 4.69) is 216 Å². The number of fused-ring (bicyclic) bond motifs is 8. The highest BCUT2D eigenvalue weighted by Gasteiger charge is 2.42. The van der Waals surface area contributed by atoms with Gasteiger partial charge in [-0.1, -0.05) is 207 Å². The first-order chi connectivity index (χ1) is 49.3. The van der Waals surface area contributed by atoms with E-state index in [-0.39, 0.29) is 28.6 Å². The molecule has 0 saturated carbocycles. The lowest BCUT2D eigenvalue weighted by Crippen LogP contribution is -2.39. The van der Waals surface area contributed by atoms with Crippen LogP contribution in [0.2, 0.25) is 0 Å². The van der Waals surface area contributed by atoms with E-state index in [1.807, 2.05) is 40.9 Å². The summed E-state index contributed by atoms with van der Waals surface area (Å²) in [6.07, 6.45) is 18.0. The molecule has 0 spiro atoms. The van der Waals surface area contributed by atoms with E-state index in [1.165, 1.54) is 197 Å². The van der Waals surface area contributed by atoms with Crippen LogP contribution in [0.25, 0.3) is 128 Å². The number of aryl methyl sites for hydroxylation is 2. The molecule has 0 fully saturated rings. The fraction of sp³-hybridized carbons (Fsp3) is 0.409. The quantitative estimate of drug-likeness (QED) is 0.0518. The summed E-state index contributed by atoms with van der Waals surface area (Å²) in [4.78, 5) is 8.39. The minimum Gasteiger partial charge on any atom is -0.338 e. The first-order valence-electron chi connectivity index (χ1n) is 37.6. The lowest BCUT2D eigenvalue weighted by atomic mass is 9.63. The number of thiophene rings is 4. The van der Waals surface area contributed by atoms with Crippen molar-refractivity contribution in [1.29, 1.82) is 0 Å². The maximum Gasteiger partial charge on any atom is 0.170 e. The molecule has 14 rings (SSSR count). The molecule has 14 aromatic rings. The molecule has 8 aromatic heterocycles. The van der Waals surface area contributed by atoms with Crippen molar-refractivity contribution in [3.05, 3.63) is 165 Å². The zero-order valence-corrected chi connectivity index (χ0v) is 67.7. The monoisotopic (exact) mass is 1480 g/mol. The van der Waals surface area contributed by atoms with Crippen LogP contribution in [0.3, 0.4) is 0 Å². The highest BCUT2D eigenvalue weighted by atomic mass is 32.1. The van der Waals surface area contributed by atoms with Crippen molar-refractivity contribution in [2.45, 2.75) is 234 Å². The van der Waals surface area contributed by atoms with Gasteiger partial charge < -0.3 is 14.9 Å². The smallest absolute Gasteiger partial charge is 0.170 e. The third-order valence-electron chi connectivity index (χ3n) is 23.0. The maximum atomic E-state index is 17.5. The van der Waals surface area contributed by atoms with Gasteiger partial charge in [-0.15, -0.1) is 45.3 Å². The highest BCUT2D eigenvalue weighted by Crippen LogP contribution is 2.53. The number of hydrogen-bond donors (Lipinski definition) is 1. The van der Waals surface area contributed by atoms with E-state index in [0.29, 0.717) is 20.8 Å². The van der Waals surface area contributed by atoms with Gasteiger partial charge in [0.2, 0.25) is 0 Å². The second-order valence-electron chi connectivity index (χ2n) is 31.8. The van der Waals surface area contributed by atoms with Crippen molar-refractivity contribution in [1.82, 2.24) is 26.6 Å². The van der Waals surface area contributed by atoms with Crippen molar-refractivity contribution < 1.29 is 8.78 Å². The predicted octanol–water partition coefficient (Wildman–Crippen LogP) is 28.8. The van der Waals surface area contributed by atoms with E-state index in [0.717, 1.165) is 74.0 Å². The molecule has 3 unspecified atom stereocenters. The van der Waals surface area contributed by atoms with Crippen LogP contribution in [0, 0.1) is 25.5 Å². The number of rotatable bonds is 27. The molecule has 536 valence electrons. The Hall–Kier alpha value is -6.82. The molecule has 7 nitrogen and oxygen atoms in total. The Bertz CT molecular complexity index is 5450. The second kappa shape index (κ2) is 29.2. The molecular weight excluding hydrogens is 1390 g/mol. The van der Waals surface area contributed by atoms with Crippen LogP contribution in [-0.2, 0) is 21.8 Å². The molecule has 0 aliphatic heterocycles. The van der Waals surface area contributed by atoms with Crippen molar-refractivity contribution in [3.8, 4) is 62.6 Å². The number of halogens is 2. The zero-order chi connectivity index (χ0) is 72.6. The van der Waals surface area contributed by atoms with Gasteiger partial charge in [-0.25, -0.2) is 8.78 Å². The normalized spacial score (nSPS) is 13.9. The Morgan fingerprint density at radius 2 is 0.874 bits per heavy atom. The Morgan fingerprint density at radius 3 is 1.42 bits per heavy atom. The number of nitrogens with zero attached hydrogens (tertiary/aromatic N) is 6. The Labute approximate surface area is 632 Å². The number of hydrogen-bond acceptors (Lipinski definition) is 11. The number of nitrogens with two attached hydrogens (primary N) is 1. The summed E-state index contributed by atoms with van der Waals surface area (Å²) in [7, 11) is 0. The molecule has 8 heterocycles. The number of benzene rings is 6. The van der Waals surface area contributed by atoms with Crippen LogP contribution in [0.1, 0.15) is 230 Å². The Morgan fingerprint density at radius 1 is 0.427 bits per heavy atom. The molecule has 15 heteroatoms. The summed E-state index contributed by atoms with van der Waals surface area (Å²) in [5.74, 6) is -1.80. The fourth-order valence-corrected chi connectivity index (χ4v) is 21.9. The minimum absolute atomic E-state index is 0.0694. The van der Waals surface area contributed by atoms with Gasteiger partial charge in [0.25, 0.3) is 0 Å². The molecule has 2 N–H and O–H groups in total. The largest absolute Gasteiger partial charge is 0.338 e. The average Bonchev–Trinajstić information content (AvgIpc) is 1.65. The van der Waals surface area contributed by atoms with Gasteiger partial charge in [0.05, 0.1) is 34.6 Å². The van der Waals surface area contributed by atoms with Crippen LogP contribution in [0.15, 0.2) is 121 Å². The first kappa shape index (κ1) is 73.1. The van der Waals surface area contributed by atoms with Gasteiger partial charge >= 0.3 is 0 Å². The highest BCUT2D eigenvalue weighted by molar-refractivity contribution is 7.19. The number of aromatic nitrogens is 6. The molecule has 0 aliphatic rings. The average molecular weight is 1490 g/mol. The molecule has 3 atom stereocenters. The van der Waals surface area contributed by atoms with Gasteiger partial charge in [0.15, 0.2) is 11.6 Å². The van der Waals surface area contributed by atoms with Crippen molar-refractivity contribution in [2.75, 3.05) is 0 Å². The van der Waals surface area contributed by atoms with Gasteiger partial charge in [-0.2, -0.15) is 17.5 Å². The lowest BCUT2D eigenvalue weighted by Gasteiger charge is -2.42. The molecule has 103 heavy (non-hydrogen) atoms. The van der Waals surface area contributed by atoms with E-state index >= 15 is 8.78 Å². The van der Waals surface area contributed by atoms with Crippen molar-refractivity contribution in [3.63, 3.8) is 0 Å². The standard InChI is InChI=1S/C88H99F2N7S6/c1-16-19-21-23-25-27-29-53(6)96-65-47-55(31-35-59(65)62-38-34-58(50-68(62)96)88(15,91)18-3)69-41-42-70(98-69)75-77(89)78(90)76(82-81(75)94-103-95-82)71-43-44-74(99-71)87(13,14)86(11,12)57-33-37-61-60-36-32-56(48-66(60)97(67(61)49-57)54(7)30-28-26-24-22-20-17-2)83-51(4)45-72(100-83)63-39-40-64(80-79(63)92-102-93-80)73-46-52(5)84(101-73)85(8,9)10/h31-50,53-54H,16-30,91H2,1-15H3. The van der Waals surface area contributed by atoms with Crippen LogP contribution in [0.5, 0.6) is 0 Å². The maximum absolute atomic E-state index is 17.5. The topological polar surface area (TPSA) is 87.4 Å². The van der Waals surface area contributed by atoms with E-state index in [9.17, 15) is 0 Å². The van der Waals surface area contributed by atoms with E-state index < -0.39 is 28.0 Å². The predicted molar refractivity (Wildman–Crippen MR) is 446 cm³/mol. The van der Waals surface area contributed by atoms with Crippen molar-refractivity contribution in [2.24, 2.45) is 5.73 Å². The fourth-order valence-electron chi connectivity index (χ4n) is 16.0. The van der Waals surface area contributed by atoms with E-state index in [4.69, 9.17) is 23.2 Å². The number of unbranched alkanes of at least 4 members (excludes halogenated alkanes) is 10. The van der Waals surface area contributed by atoms with Crippen LogP contribution in [0.4, 0.5) is 8.78 Å². The summed E-state index contributed by atoms with van der Waals surface area (Å²) in [6, 6.07) is 45.5. The zero-order valence-electron chi connectivity index (χ0n) is 62.8. The van der Waals surface area contributed by atoms with Crippen LogP contribution < -0.4 is 5.73 Å². The molecule has 0 saturated heterocycles.